The topological polar surface area (TPSA) is 61.9 Å². The van der Waals surface area contributed by atoms with E-state index in [9.17, 15) is 14.0 Å². The van der Waals surface area contributed by atoms with Crippen LogP contribution < -0.4 is 5.32 Å². The first-order chi connectivity index (χ1) is 11.6. The quantitative estimate of drug-likeness (QED) is 0.751. The molecule has 0 unspecified atom stereocenters. The molecule has 0 radical (unpaired) electrons. The summed E-state index contributed by atoms with van der Waals surface area (Å²) in [7, 11) is 0. The molecule has 1 aliphatic rings. The van der Waals surface area contributed by atoms with Gasteiger partial charge < -0.3 is 19.9 Å². The molecule has 1 aliphatic heterocycles. The van der Waals surface area contributed by atoms with Gasteiger partial charge in [-0.2, -0.15) is 0 Å². The highest BCUT2D eigenvalue weighted by Gasteiger charge is 2.32. The third-order valence-electron chi connectivity index (χ3n) is 3.71. The van der Waals surface area contributed by atoms with E-state index in [0.29, 0.717) is 24.1 Å². The molecular formula is C17H23BrFN3O3. The molecule has 1 aromatic carbocycles. The number of nitrogens with zero attached hydrogens (tertiary/aromatic N) is 2. The van der Waals surface area contributed by atoms with Crippen LogP contribution in [0.1, 0.15) is 27.7 Å². The van der Waals surface area contributed by atoms with Crippen LogP contribution in [0.5, 0.6) is 0 Å². The predicted molar refractivity (Wildman–Crippen MR) is 97.1 cm³/mol. The minimum Gasteiger partial charge on any atom is -0.444 e. The Morgan fingerprint density at radius 3 is 2.56 bits per heavy atom. The van der Waals surface area contributed by atoms with Crippen LogP contribution in [0.3, 0.4) is 0 Å². The van der Waals surface area contributed by atoms with Crippen molar-refractivity contribution in [2.45, 2.75) is 39.3 Å². The Bertz CT molecular complexity index is 663. The van der Waals surface area contributed by atoms with Gasteiger partial charge in [0.15, 0.2) is 0 Å². The number of benzene rings is 1. The number of amides is 3. The Labute approximate surface area is 155 Å². The van der Waals surface area contributed by atoms with Gasteiger partial charge >= 0.3 is 12.1 Å². The van der Waals surface area contributed by atoms with E-state index < -0.39 is 23.5 Å². The normalized spacial score (nSPS) is 18.1. The molecule has 1 saturated heterocycles. The van der Waals surface area contributed by atoms with Crippen molar-refractivity contribution in [3.05, 3.63) is 28.5 Å². The summed E-state index contributed by atoms with van der Waals surface area (Å²) < 4.78 is 19.8. The van der Waals surface area contributed by atoms with Crippen LogP contribution in [0.4, 0.5) is 19.7 Å². The molecular weight excluding hydrogens is 393 g/mol. The van der Waals surface area contributed by atoms with Gasteiger partial charge in [-0.15, -0.1) is 0 Å². The molecule has 2 rings (SSSR count). The van der Waals surface area contributed by atoms with Crippen LogP contribution in [-0.4, -0.2) is 53.2 Å². The van der Waals surface area contributed by atoms with Crippen LogP contribution in [-0.2, 0) is 4.74 Å². The summed E-state index contributed by atoms with van der Waals surface area (Å²) in [6.07, 6.45) is -0.390. The smallest absolute Gasteiger partial charge is 0.410 e. The van der Waals surface area contributed by atoms with Crippen molar-refractivity contribution in [1.82, 2.24) is 9.80 Å². The van der Waals surface area contributed by atoms with E-state index in [0.717, 1.165) is 0 Å². The summed E-state index contributed by atoms with van der Waals surface area (Å²) in [5.41, 5.74) is -0.441. The molecule has 6 nitrogen and oxygen atoms in total. The average molecular weight is 416 g/mol. The molecule has 1 aromatic rings. The van der Waals surface area contributed by atoms with Crippen LogP contribution in [0, 0.1) is 5.82 Å². The van der Waals surface area contributed by atoms with Crippen molar-refractivity contribution >= 4 is 33.7 Å². The van der Waals surface area contributed by atoms with Gasteiger partial charge in [0.1, 0.15) is 11.4 Å². The first-order valence-corrected chi connectivity index (χ1v) is 8.87. The van der Waals surface area contributed by atoms with Crippen LogP contribution >= 0.6 is 15.9 Å². The number of hydrogen-bond donors (Lipinski definition) is 1. The predicted octanol–water partition coefficient (Wildman–Crippen LogP) is 4.06. The number of rotatable bonds is 1. The molecule has 25 heavy (non-hydrogen) atoms. The van der Waals surface area contributed by atoms with Crippen molar-refractivity contribution in [3.63, 3.8) is 0 Å². The molecule has 0 bridgehead atoms. The van der Waals surface area contributed by atoms with Gasteiger partial charge in [-0.1, -0.05) is 15.9 Å². The van der Waals surface area contributed by atoms with Gasteiger partial charge in [-0.3, -0.25) is 0 Å². The molecule has 0 saturated carbocycles. The van der Waals surface area contributed by atoms with Crippen LogP contribution in [0.25, 0.3) is 0 Å². The highest BCUT2D eigenvalue weighted by molar-refractivity contribution is 9.10. The van der Waals surface area contributed by atoms with Crippen LogP contribution in [0.15, 0.2) is 22.7 Å². The van der Waals surface area contributed by atoms with Gasteiger partial charge in [0.25, 0.3) is 0 Å². The maximum atomic E-state index is 13.9. The molecule has 1 heterocycles. The molecule has 0 aromatic heterocycles. The summed E-state index contributed by atoms with van der Waals surface area (Å²) >= 11 is 3.18. The SMILES string of the molecule is C[C@H]1CN(C(=O)OC(C)(C)C)CCN1C(=O)Nc1ccc(Br)cc1F. The van der Waals surface area contributed by atoms with Crippen molar-refractivity contribution in [2.24, 2.45) is 0 Å². The maximum Gasteiger partial charge on any atom is 0.410 e. The Hall–Kier alpha value is -1.83. The van der Waals surface area contributed by atoms with Crippen molar-refractivity contribution in [1.29, 1.82) is 0 Å². The van der Waals surface area contributed by atoms with Gasteiger partial charge in [0, 0.05) is 30.1 Å². The summed E-state index contributed by atoms with van der Waals surface area (Å²) in [5.74, 6) is -0.511. The molecule has 138 valence electrons. The lowest BCUT2D eigenvalue weighted by atomic mass is 10.2. The second-order valence-electron chi connectivity index (χ2n) is 7.02. The van der Waals surface area contributed by atoms with Gasteiger partial charge in [0.2, 0.25) is 0 Å². The molecule has 1 N–H and O–H groups in total. The molecule has 1 fully saturated rings. The summed E-state index contributed by atoms with van der Waals surface area (Å²) in [4.78, 5) is 27.7. The van der Waals surface area contributed by atoms with E-state index in [4.69, 9.17) is 4.74 Å². The third-order valence-corrected chi connectivity index (χ3v) is 4.21. The average Bonchev–Trinajstić information content (AvgIpc) is 2.48. The number of halogens is 2. The van der Waals surface area contributed by atoms with Crippen molar-refractivity contribution in [2.75, 3.05) is 25.0 Å². The number of carbonyl (C=O) groups excluding carboxylic acids is 2. The standard InChI is InChI=1S/C17H23BrFN3O3/c1-11-10-21(16(24)25-17(2,3)4)7-8-22(11)15(23)20-14-6-5-12(18)9-13(14)19/h5-6,9,11H,7-8,10H2,1-4H3,(H,20,23)/t11-/m0/s1. The zero-order valence-corrected chi connectivity index (χ0v) is 16.4. The fraction of sp³-hybridized carbons (Fsp3) is 0.529. The second-order valence-corrected chi connectivity index (χ2v) is 7.94. The van der Waals surface area contributed by atoms with E-state index in [1.165, 1.54) is 12.1 Å². The number of hydrogen-bond acceptors (Lipinski definition) is 3. The molecule has 3 amide bonds. The number of urea groups is 1. The first-order valence-electron chi connectivity index (χ1n) is 8.07. The van der Waals surface area contributed by atoms with Crippen molar-refractivity contribution < 1.29 is 18.7 Å². The molecule has 1 atom stereocenters. The lowest BCUT2D eigenvalue weighted by Gasteiger charge is -2.40. The highest BCUT2D eigenvalue weighted by Crippen LogP contribution is 2.21. The van der Waals surface area contributed by atoms with Crippen molar-refractivity contribution in [3.8, 4) is 0 Å². The first kappa shape index (κ1) is 19.5. The minimum atomic E-state index is -0.562. The largest absolute Gasteiger partial charge is 0.444 e. The molecule has 0 spiro atoms. The van der Waals surface area contributed by atoms with E-state index in [1.54, 1.807) is 15.9 Å². The van der Waals surface area contributed by atoms with E-state index >= 15 is 0 Å². The number of anilines is 1. The monoisotopic (exact) mass is 415 g/mol. The van der Waals surface area contributed by atoms with E-state index in [2.05, 4.69) is 21.2 Å². The molecule has 8 heteroatoms. The maximum absolute atomic E-state index is 13.9. The van der Waals surface area contributed by atoms with Gasteiger partial charge in [0.05, 0.1) is 5.69 Å². The van der Waals surface area contributed by atoms with Gasteiger partial charge in [-0.05, 0) is 45.9 Å². The van der Waals surface area contributed by atoms with E-state index in [1.807, 2.05) is 27.7 Å². The number of piperazine rings is 1. The Kier molecular flexibility index (Phi) is 5.92. The fourth-order valence-corrected chi connectivity index (χ4v) is 2.86. The van der Waals surface area contributed by atoms with E-state index in [-0.39, 0.29) is 11.7 Å². The number of nitrogens with one attached hydrogen (secondary N) is 1. The lowest BCUT2D eigenvalue weighted by molar-refractivity contribution is 0.0112. The number of ether oxygens (including phenoxy) is 1. The minimum absolute atomic E-state index is 0.120. The van der Waals surface area contributed by atoms with Crippen LogP contribution in [0.2, 0.25) is 0 Å². The Morgan fingerprint density at radius 2 is 2.00 bits per heavy atom. The zero-order chi connectivity index (χ0) is 18.8. The highest BCUT2D eigenvalue weighted by atomic mass is 79.9. The zero-order valence-electron chi connectivity index (χ0n) is 14.8. The number of carbonyl (C=O) groups is 2. The lowest BCUT2D eigenvalue weighted by Crippen LogP contribution is -2.57. The third kappa shape index (κ3) is 5.32. The summed E-state index contributed by atoms with van der Waals surface area (Å²) in [5, 5.41) is 2.58. The fourth-order valence-electron chi connectivity index (χ4n) is 2.53. The summed E-state index contributed by atoms with van der Waals surface area (Å²) in [6.45, 7) is 8.36. The molecule has 0 aliphatic carbocycles. The summed E-state index contributed by atoms with van der Waals surface area (Å²) in [6, 6.07) is 3.85. The second kappa shape index (κ2) is 7.59. The Morgan fingerprint density at radius 1 is 1.32 bits per heavy atom. The van der Waals surface area contributed by atoms with Gasteiger partial charge in [-0.25, -0.2) is 14.0 Å². The Balaban J connectivity index is 1.96.